The fourth-order valence-corrected chi connectivity index (χ4v) is 3.00. The van der Waals surface area contributed by atoms with E-state index in [0.29, 0.717) is 15.2 Å². The molecule has 0 unspecified atom stereocenters. The van der Waals surface area contributed by atoms with Crippen molar-refractivity contribution in [3.8, 4) is 0 Å². The van der Waals surface area contributed by atoms with E-state index in [2.05, 4.69) is 15.6 Å². The summed E-state index contributed by atoms with van der Waals surface area (Å²) in [6.07, 6.45) is 0. The molecular formula is C15H13ClN4O2S. The molecule has 23 heavy (non-hydrogen) atoms. The fourth-order valence-electron chi connectivity index (χ4n) is 2.18. The van der Waals surface area contributed by atoms with Crippen molar-refractivity contribution >= 4 is 39.1 Å². The second-order valence-electron chi connectivity index (χ2n) is 5.03. The zero-order chi connectivity index (χ0) is 16.4. The summed E-state index contributed by atoms with van der Waals surface area (Å²) in [5, 5.41) is 13.4. The summed E-state index contributed by atoms with van der Waals surface area (Å²) >= 11 is 7.19. The van der Waals surface area contributed by atoms with Gasteiger partial charge in [-0.25, -0.2) is 4.68 Å². The van der Waals surface area contributed by atoms with E-state index in [4.69, 9.17) is 11.6 Å². The number of carbonyl (C=O) groups excluding carboxylic acids is 1. The van der Waals surface area contributed by atoms with Crippen molar-refractivity contribution in [3.63, 3.8) is 0 Å². The number of carbonyl (C=O) groups is 1. The highest BCUT2D eigenvalue weighted by Crippen LogP contribution is 2.16. The molecule has 1 N–H and O–H groups in total. The lowest BCUT2D eigenvalue weighted by atomic mass is 10.1. The van der Waals surface area contributed by atoms with Crippen LogP contribution in [0.4, 0.5) is 0 Å². The largest absolute Gasteiger partial charge is 0.348 e. The van der Waals surface area contributed by atoms with Crippen LogP contribution in [-0.4, -0.2) is 20.9 Å². The summed E-state index contributed by atoms with van der Waals surface area (Å²) in [6, 6.07) is 8.70. The molecule has 2 heterocycles. The minimum atomic E-state index is -0.314. The van der Waals surface area contributed by atoms with E-state index >= 15 is 0 Å². The Morgan fingerprint density at radius 2 is 2.09 bits per heavy atom. The summed E-state index contributed by atoms with van der Waals surface area (Å²) in [4.78, 5) is 24.9. The maximum absolute atomic E-state index is 12.2. The Kier molecular flexibility index (Phi) is 4.40. The molecule has 0 spiro atoms. The number of halogens is 1. The van der Waals surface area contributed by atoms with Crippen LogP contribution in [0.5, 0.6) is 0 Å². The quantitative estimate of drug-likeness (QED) is 0.785. The lowest BCUT2D eigenvalue weighted by Gasteiger charge is -2.14. The van der Waals surface area contributed by atoms with Gasteiger partial charge in [0, 0.05) is 5.02 Å². The van der Waals surface area contributed by atoms with Crippen LogP contribution in [-0.2, 0) is 11.3 Å². The predicted molar refractivity (Wildman–Crippen MR) is 89.7 cm³/mol. The maximum Gasteiger partial charge on any atom is 0.278 e. The minimum absolute atomic E-state index is 0.171. The van der Waals surface area contributed by atoms with Gasteiger partial charge in [0.15, 0.2) is 4.83 Å². The van der Waals surface area contributed by atoms with E-state index in [9.17, 15) is 9.59 Å². The number of hydrogen-bond donors (Lipinski definition) is 1. The number of nitrogens with zero attached hydrogens (tertiary/aromatic N) is 3. The normalized spacial score (nSPS) is 12.3. The summed E-state index contributed by atoms with van der Waals surface area (Å²) < 4.78 is 1.07. The molecule has 3 aromatic rings. The molecule has 1 aromatic carbocycles. The first-order chi connectivity index (χ1) is 11.0. The van der Waals surface area contributed by atoms with Crippen molar-refractivity contribution < 1.29 is 4.79 Å². The monoisotopic (exact) mass is 348 g/mol. The SMILES string of the molecule is C[C@H](NC(=O)Cn1nnc2sccc2c1=O)c1ccc(Cl)cc1. The average Bonchev–Trinajstić information content (AvgIpc) is 3.00. The van der Waals surface area contributed by atoms with Crippen molar-refractivity contribution in [1.82, 2.24) is 20.3 Å². The number of fused-ring (bicyclic) bond motifs is 1. The second-order valence-corrected chi connectivity index (χ2v) is 6.36. The van der Waals surface area contributed by atoms with Crippen molar-refractivity contribution in [2.24, 2.45) is 0 Å². The third-order valence-electron chi connectivity index (χ3n) is 3.39. The van der Waals surface area contributed by atoms with Gasteiger partial charge in [-0.05, 0) is 36.1 Å². The molecule has 0 saturated carbocycles. The van der Waals surface area contributed by atoms with E-state index < -0.39 is 0 Å². The van der Waals surface area contributed by atoms with Gasteiger partial charge in [0.25, 0.3) is 5.56 Å². The Balaban J connectivity index is 1.72. The number of aromatic nitrogens is 3. The summed E-state index contributed by atoms with van der Waals surface area (Å²) in [5.41, 5.74) is 0.611. The zero-order valence-electron chi connectivity index (χ0n) is 12.2. The van der Waals surface area contributed by atoms with Crippen LogP contribution in [0.1, 0.15) is 18.5 Å². The lowest BCUT2D eigenvalue weighted by molar-refractivity contribution is -0.122. The van der Waals surface area contributed by atoms with Crippen LogP contribution in [0.25, 0.3) is 10.2 Å². The summed E-state index contributed by atoms with van der Waals surface area (Å²) in [5.74, 6) is -0.307. The Bertz CT molecular complexity index is 904. The molecular weight excluding hydrogens is 336 g/mol. The molecule has 0 aliphatic rings. The fraction of sp³-hybridized carbons (Fsp3) is 0.200. The second kappa shape index (κ2) is 6.47. The summed E-state index contributed by atoms with van der Waals surface area (Å²) in [6.45, 7) is 1.69. The van der Waals surface area contributed by atoms with Gasteiger partial charge >= 0.3 is 0 Å². The third-order valence-corrected chi connectivity index (χ3v) is 4.44. The van der Waals surface area contributed by atoms with Crippen LogP contribution in [0.3, 0.4) is 0 Å². The maximum atomic E-state index is 12.2. The number of amides is 1. The lowest BCUT2D eigenvalue weighted by Crippen LogP contribution is -2.35. The van der Waals surface area contributed by atoms with Crippen LogP contribution in [0, 0.1) is 0 Å². The van der Waals surface area contributed by atoms with E-state index in [1.165, 1.54) is 11.3 Å². The molecule has 1 amide bonds. The summed E-state index contributed by atoms with van der Waals surface area (Å²) in [7, 11) is 0. The van der Waals surface area contributed by atoms with E-state index in [-0.39, 0.29) is 24.1 Å². The van der Waals surface area contributed by atoms with Crippen molar-refractivity contribution in [1.29, 1.82) is 0 Å². The van der Waals surface area contributed by atoms with Gasteiger partial charge in [-0.3, -0.25) is 9.59 Å². The van der Waals surface area contributed by atoms with Gasteiger partial charge in [0.2, 0.25) is 5.91 Å². The number of nitrogens with one attached hydrogen (secondary N) is 1. The molecule has 3 rings (SSSR count). The highest BCUT2D eigenvalue weighted by Gasteiger charge is 2.13. The first-order valence-electron chi connectivity index (χ1n) is 6.90. The topological polar surface area (TPSA) is 76.9 Å². The molecule has 118 valence electrons. The number of hydrogen-bond acceptors (Lipinski definition) is 5. The van der Waals surface area contributed by atoms with Gasteiger partial charge in [-0.1, -0.05) is 28.9 Å². The Morgan fingerprint density at radius 3 is 2.83 bits per heavy atom. The molecule has 1 atom stereocenters. The van der Waals surface area contributed by atoms with Crippen LogP contribution in [0.2, 0.25) is 5.02 Å². The Labute approximate surface area is 140 Å². The molecule has 2 aromatic heterocycles. The van der Waals surface area contributed by atoms with Crippen molar-refractivity contribution in [3.05, 3.63) is 56.7 Å². The first-order valence-corrected chi connectivity index (χ1v) is 8.16. The highest BCUT2D eigenvalue weighted by atomic mass is 35.5. The smallest absolute Gasteiger partial charge is 0.278 e. The molecule has 0 fully saturated rings. The van der Waals surface area contributed by atoms with E-state index in [1.54, 1.807) is 23.6 Å². The van der Waals surface area contributed by atoms with Gasteiger partial charge < -0.3 is 5.32 Å². The first kappa shape index (κ1) is 15.6. The van der Waals surface area contributed by atoms with Gasteiger partial charge in [-0.2, -0.15) is 0 Å². The Morgan fingerprint density at radius 1 is 1.35 bits per heavy atom. The molecule has 0 aliphatic carbocycles. The van der Waals surface area contributed by atoms with Gasteiger partial charge in [0.05, 0.1) is 11.4 Å². The Hall–Kier alpha value is -2.25. The van der Waals surface area contributed by atoms with Crippen LogP contribution in [0.15, 0.2) is 40.5 Å². The highest BCUT2D eigenvalue weighted by molar-refractivity contribution is 7.16. The minimum Gasteiger partial charge on any atom is -0.348 e. The molecule has 0 aliphatic heterocycles. The van der Waals surface area contributed by atoms with E-state index in [0.717, 1.165) is 10.2 Å². The molecule has 0 bridgehead atoms. The van der Waals surface area contributed by atoms with Gasteiger partial charge in [-0.15, -0.1) is 16.4 Å². The van der Waals surface area contributed by atoms with Gasteiger partial charge in [0.1, 0.15) is 6.54 Å². The third kappa shape index (κ3) is 3.40. The van der Waals surface area contributed by atoms with E-state index in [1.807, 2.05) is 19.1 Å². The van der Waals surface area contributed by atoms with Crippen LogP contribution >= 0.6 is 22.9 Å². The zero-order valence-corrected chi connectivity index (χ0v) is 13.8. The molecule has 8 heteroatoms. The van der Waals surface area contributed by atoms with Crippen LogP contribution < -0.4 is 10.9 Å². The molecule has 6 nitrogen and oxygen atoms in total. The number of thiophene rings is 1. The number of rotatable bonds is 4. The predicted octanol–water partition coefficient (Wildman–Crippen LogP) is 2.38. The van der Waals surface area contributed by atoms with Crippen molar-refractivity contribution in [2.75, 3.05) is 0 Å². The molecule has 0 saturated heterocycles. The molecule has 0 radical (unpaired) electrons. The standard InChI is InChI=1S/C15H13ClN4O2S/c1-9(10-2-4-11(16)5-3-10)17-13(21)8-20-15(22)12-6-7-23-14(12)18-19-20/h2-7,9H,8H2,1H3,(H,17,21)/t9-/m0/s1. The number of benzene rings is 1. The van der Waals surface area contributed by atoms with Crippen molar-refractivity contribution in [2.45, 2.75) is 19.5 Å². The average molecular weight is 349 g/mol.